The third-order valence-electron chi connectivity index (χ3n) is 3.37. The van der Waals surface area contributed by atoms with E-state index in [4.69, 9.17) is 4.74 Å². The topological polar surface area (TPSA) is 67.4 Å². The number of rotatable bonds is 3. The van der Waals surface area contributed by atoms with Gasteiger partial charge in [-0.15, -0.1) is 11.8 Å². The molecule has 0 saturated heterocycles. The van der Waals surface area contributed by atoms with Crippen molar-refractivity contribution in [3.05, 3.63) is 60.2 Å². The highest BCUT2D eigenvalue weighted by molar-refractivity contribution is 7.99. The number of hydrogen-bond donors (Lipinski definition) is 2. The van der Waals surface area contributed by atoms with E-state index < -0.39 is 12.1 Å². The highest BCUT2D eigenvalue weighted by Crippen LogP contribution is 2.30. The number of amides is 2. The van der Waals surface area contributed by atoms with Crippen LogP contribution in [-0.4, -0.2) is 23.8 Å². The number of hydrogen-bond acceptors (Lipinski definition) is 4. The molecule has 2 N–H and O–H groups in total. The minimum atomic E-state index is -0.629. The van der Waals surface area contributed by atoms with Gasteiger partial charge in [0.1, 0.15) is 12.6 Å². The molecule has 0 fully saturated rings. The van der Waals surface area contributed by atoms with E-state index in [9.17, 15) is 9.59 Å². The van der Waals surface area contributed by atoms with Crippen molar-refractivity contribution in [1.29, 1.82) is 0 Å². The molecule has 0 aliphatic carbocycles. The van der Waals surface area contributed by atoms with Crippen LogP contribution < -0.4 is 10.6 Å². The molecule has 1 heterocycles. The molecular formula is C17H16N2O3S. The number of carbonyl (C=O) groups is 2. The number of carbonyl (C=O) groups excluding carboxylic acids is 2. The summed E-state index contributed by atoms with van der Waals surface area (Å²) in [5.41, 5.74) is 1.67. The lowest BCUT2D eigenvalue weighted by Crippen LogP contribution is -2.44. The Morgan fingerprint density at radius 1 is 1.17 bits per heavy atom. The predicted octanol–water partition coefficient (Wildman–Crippen LogP) is 3.03. The van der Waals surface area contributed by atoms with Crippen molar-refractivity contribution in [1.82, 2.24) is 5.32 Å². The summed E-state index contributed by atoms with van der Waals surface area (Å²) in [5.74, 6) is 0.225. The predicted molar refractivity (Wildman–Crippen MR) is 89.3 cm³/mol. The second-order valence-corrected chi connectivity index (χ2v) is 6.12. The van der Waals surface area contributed by atoms with Crippen LogP contribution in [0.3, 0.4) is 0 Å². The van der Waals surface area contributed by atoms with Crippen LogP contribution in [-0.2, 0) is 16.1 Å². The van der Waals surface area contributed by atoms with Crippen molar-refractivity contribution < 1.29 is 14.3 Å². The van der Waals surface area contributed by atoms with Crippen LogP contribution in [0.1, 0.15) is 5.56 Å². The van der Waals surface area contributed by atoms with Gasteiger partial charge in [0.2, 0.25) is 5.91 Å². The van der Waals surface area contributed by atoms with E-state index in [2.05, 4.69) is 10.6 Å². The molecule has 1 aliphatic heterocycles. The molecule has 1 atom stereocenters. The maximum Gasteiger partial charge on any atom is 0.408 e. The summed E-state index contributed by atoms with van der Waals surface area (Å²) in [6, 6.07) is 16.3. The SMILES string of the molecule is O=C(N[C@@H]1CSc2ccccc2NC1=O)OCc1ccccc1. The van der Waals surface area contributed by atoms with Crippen molar-refractivity contribution in [2.75, 3.05) is 11.1 Å². The second kappa shape index (κ2) is 7.19. The summed E-state index contributed by atoms with van der Waals surface area (Å²) in [5, 5.41) is 5.44. The summed E-state index contributed by atoms with van der Waals surface area (Å²) in [6.45, 7) is 0.175. The van der Waals surface area contributed by atoms with Crippen LogP contribution in [0.4, 0.5) is 10.5 Å². The van der Waals surface area contributed by atoms with Crippen molar-refractivity contribution in [3.63, 3.8) is 0 Å². The summed E-state index contributed by atoms with van der Waals surface area (Å²) < 4.78 is 5.16. The molecule has 3 rings (SSSR count). The fourth-order valence-electron chi connectivity index (χ4n) is 2.18. The van der Waals surface area contributed by atoms with E-state index in [1.165, 1.54) is 11.8 Å². The van der Waals surface area contributed by atoms with Gasteiger partial charge in [0.25, 0.3) is 0 Å². The minimum Gasteiger partial charge on any atom is -0.445 e. The second-order valence-electron chi connectivity index (χ2n) is 5.06. The number of nitrogens with one attached hydrogen (secondary N) is 2. The van der Waals surface area contributed by atoms with E-state index in [0.29, 0.717) is 5.75 Å². The first-order valence-corrected chi connectivity index (χ1v) is 8.21. The van der Waals surface area contributed by atoms with E-state index in [1.807, 2.05) is 54.6 Å². The summed E-state index contributed by atoms with van der Waals surface area (Å²) in [6.07, 6.45) is -0.597. The molecular weight excluding hydrogens is 312 g/mol. The molecule has 6 heteroatoms. The molecule has 2 amide bonds. The third-order valence-corrected chi connectivity index (χ3v) is 4.54. The Labute approximate surface area is 138 Å². The van der Waals surface area contributed by atoms with E-state index >= 15 is 0 Å². The Hall–Kier alpha value is -2.47. The largest absolute Gasteiger partial charge is 0.445 e. The lowest BCUT2D eigenvalue weighted by Gasteiger charge is -2.14. The number of fused-ring (bicyclic) bond motifs is 1. The fraction of sp³-hybridized carbons (Fsp3) is 0.176. The van der Waals surface area contributed by atoms with Crippen molar-refractivity contribution in [2.24, 2.45) is 0 Å². The first-order chi connectivity index (χ1) is 11.2. The molecule has 0 spiro atoms. The Morgan fingerprint density at radius 2 is 1.91 bits per heavy atom. The van der Waals surface area contributed by atoms with Gasteiger partial charge in [-0.3, -0.25) is 4.79 Å². The molecule has 118 valence electrons. The Kier molecular flexibility index (Phi) is 4.83. The van der Waals surface area contributed by atoms with Crippen LogP contribution in [0.5, 0.6) is 0 Å². The summed E-state index contributed by atoms with van der Waals surface area (Å²) in [4.78, 5) is 25.1. The maximum absolute atomic E-state index is 12.2. The lowest BCUT2D eigenvalue weighted by molar-refractivity contribution is -0.117. The Balaban J connectivity index is 1.56. The van der Waals surface area contributed by atoms with Crippen LogP contribution >= 0.6 is 11.8 Å². The third kappa shape index (κ3) is 4.04. The monoisotopic (exact) mass is 328 g/mol. The van der Waals surface area contributed by atoms with Crippen molar-refractivity contribution >= 4 is 29.4 Å². The number of thioether (sulfide) groups is 1. The first-order valence-electron chi connectivity index (χ1n) is 7.22. The van der Waals surface area contributed by atoms with Gasteiger partial charge in [-0.05, 0) is 17.7 Å². The molecule has 0 saturated carbocycles. The molecule has 2 aromatic carbocycles. The highest BCUT2D eigenvalue weighted by atomic mass is 32.2. The van der Waals surface area contributed by atoms with Crippen molar-refractivity contribution in [2.45, 2.75) is 17.5 Å². The van der Waals surface area contributed by atoms with Crippen LogP contribution in [0.25, 0.3) is 0 Å². The lowest BCUT2D eigenvalue weighted by atomic mass is 10.2. The van der Waals surface area contributed by atoms with Crippen LogP contribution in [0, 0.1) is 0 Å². The number of anilines is 1. The molecule has 0 bridgehead atoms. The average molecular weight is 328 g/mol. The van der Waals surface area contributed by atoms with E-state index in [-0.39, 0.29) is 12.5 Å². The zero-order chi connectivity index (χ0) is 16.1. The molecule has 0 radical (unpaired) electrons. The number of benzene rings is 2. The standard InChI is InChI=1S/C17H16N2O3S/c20-16-14(11-23-15-9-5-4-8-13(15)18-16)19-17(21)22-10-12-6-2-1-3-7-12/h1-9,14H,10-11H2,(H,18,20)(H,19,21)/t14-/m1/s1. The molecule has 5 nitrogen and oxygen atoms in total. The number of ether oxygens (including phenoxy) is 1. The zero-order valence-electron chi connectivity index (χ0n) is 12.3. The van der Waals surface area contributed by atoms with Crippen LogP contribution in [0.2, 0.25) is 0 Å². The van der Waals surface area contributed by atoms with Crippen LogP contribution in [0.15, 0.2) is 59.5 Å². The van der Waals surface area contributed by atoms with Gasteiger partial charge < -0.3 is 15.4 Å². The molecule has 1 aliphatic rings. The minimum absolute atomic E-state index is 0.175. The van der Waals surface area contributed by atoms with Gasteiger partial charge in [0.05, 0.1) is 5.69 Å². The van der Waals surface area contributed by atoms with Gasteiger partial charge in [-0.1, -0.05) is 42.5 Å². The molecule has 23 heavy (non-hydrogen) atoms. The first kappa shape index (κ1) is 15.4. The van der Waals surface area contributed by atoms with E-state index in [0.717, 1.165) is 16.1 Å². The average Bonchev–Trinajstić information content (AvgIpc) is 2.73. The Bertz CT molecular complexity index is 706. The number of para-hydroxylation sites is 1. The quantitative estimate of drug-likeness (QED) is 0.909. The Morgan fingerprint density at radius 3 is 2.74 bits per heavy atom. The van der Waals surface area contributed by atoms with Gasteiger partial charge in [-0.25, -0.2) is 4.79 Å². The summed E-state index contributed by atoms with van der Waals surface area (Å²) >= 11 is 1.52. The maximum atomic E-state index is 12.2. The summed E-state index contributed by atoms with van der Waals surface area (Å²) in [7, 11) is 0. The van der Waals surface area contributed by atoms with Gasteiger partial charge in [0.15, 0.2) is 0 Å². The van der Waals surface area contributed by atoms with Gasteiger partial charge in [-0.2, -0.15) is 0 Å². The molecule has 2 aromatic rings. The van der Waals surface area contributed by atoms with Gasteiger partial charge >= 0.3 is 6.09 Å². The van der Waals surface area contributed by atoms with Gasteiger partial charge in [0, 0.05) is 10.6 Å². The van der Waals surface area contributed by atoms with E-state index in [1.54, 1.807) is 0 Å². The zero-order valence-corrected chi connectivity index (χ0v) is 13.1. The molecule has 0 aromatic heterocycles. The fourth-order valence-corrected chi connectivity index (χ4v) is 3.21. The highest BCUT2D eigenvalue weighted by Gasteiger charge is 2.25. The normalized spacial score (nSPS) is 16.7. The number of alkyl carbamates (subject to hydrolysis) is 1. The van der Waals surface area contributed by atoms with Crippen molar-refractivity contribution in [3.8, 4) is 0 Å². The smallest absolute Gasteiger partial charge is 0.408 e. The molecule has 0 unspecified atom stereocenters.